The van der Waals surface area contributed by atoms with E-state index >= 15 is 0 Å². The minimum atomic E-state index is -0.974. The normalized spacial score (nSPS) is 11.7. The molecule has 2 aromatic rings. The van der Waals surface area contributed by atoms with Crippen LogP contribution in [0, 0.1) is 6.92 Å². The number of carbonyl (C=O) groups is 2. The van der Waals surface area contributed by atoms with E-state index in [2.05, 4.69) is 5.32 Å². The molecule has 0 saturated heterocycles. The highest BCUT2D eigenvalue weighted by molar-refractivity contribution is 6.35. The number of anilines is 1. The lowest BCUT2D eigenvalue weighted by Crippen LogP contribution is -2.30. The zero-order chi connectivity index (χ0) is 17.0. The largest absolute Gasteiger partial charge is 0.449 e. The Morgan fingerprint density at radius 1 is 1.13 bits per heavy atom. The quantitative estimate of drug-likeness (QED) is 0.825. The van der Waals surface area contributed by atoms with Gasteiger partial charge in [-0.2, -0.15) is 0 Å². The highest BCUT2D eigenvalue weighted by atomic mass is 35.5. The summed E-state index contributed by atoms with van der Waals surface area (Å²) in [6, 6.07) is 11.7. The Balaban J connectivity index is 2.02. The summed E-state index contributed by atoms with van der Waals surface area (Å²) in [7, 11) is 0. The number of carbonyl (C=O) groups excluding carboxylic acids is 2. The Bertz CT molecular complexity index is 746. The van der Waals surface area contributed by atoms with Gasteiger partial charge in [0.25, 0.3) is 5.91 Å². The Morgan fingerprint density at radius 2 is 1.87 bits per heavy atom. The molecule has 0 aliphatic rings. The molecule has 4 nitrogen and oxygen atoms in total. The number of halogens is 2. The number of amides is 1. The number of hydrogen-bond donors (Lipinski definition) is 1. The fraction of sp³-hybridized carbons (Fsp3) is 0.176. The molecule has 0 aliphatic heterocycles. The van der Waals surface area contributed by atoms with Crippen LogP contribution in [-0.4, -0.2) is 18.0 Å². The average molecular weight is 352 g/mol. The number of aryl methyl sites for hydroxylation is 1. The Hall–Kier alpha value is -2.04. The first-order valence-corrected chi connectivity index (χ1v) is 7.66. The molecule has 0 heterocycles. The lowest BCUT2D eigenvalue weighted by molar-refractivity contribution is -0.123. The highest BCUT2D eigenvalue weighted by Gasteiger charge is 2.20. The summed E-state index contributed by atoms with van der Waals surface area (Å²) in [5.74, 6) is -1.05. The molecule has 0 radical (unpaired) electrons. The summed E-state index contributed by atoms with van der Waals surface area (Å²) in [5.41, 5.74) is 1.69. The first-order valence-electron chi connectivity index (χ1n) is 6.90. The molecule has 2 rings (SSSR count). The summed E-state index contributed by atoms with van der Waals surface area (Å²) in [4.78, 5) is 24.2. The lowest BCUT2D eigenvalue weighted by Gasteiger charge is -2.14. The molecule has 1 atom stereocenters. The van der Waals surface area contributed by atoms with Crippen LogP contribution in [0.25, 0.3) is 0 Å². The smallest absolute Gasteiger partial charge is 0.338 e. The van der Waals surface area contributed by atoms with Crippen LogP contribution < -0.4 is 5.32 Å². The van der Waals surface area contributed by atoms with Gasteiger partial charge in [-0.05, 0) is 44.2 Å². The zero-order valence-electron chi connectivity index (χ0n) is 12.6. The van der Waals surface area contributed by atoms with Gasteiger partial charge in [-0.3, -0.25) is 4.79 Å². The Labute approximate surface area is 144 Å². The molecule has 0 spiro atoms. The first-order chi connectivity index (χ1) is 10.9. The van der Waals surface area contributed by atoms with Gasteiger partial charge in [0.15, 0.2) is 6.10 Å². The monoisotopic (exact) mass is 351 g/mol. The number of rotatable bonds is 4. The molecule has 0 bridgehead atoms. The van der Waals surface area contributed by atoms with Crippen LogP contribution in [-0.2, 0) is 9.53 Å². The summed E-state index contributed by atoms with van der Waals surface area (Å²) >= 11 is 11.8. The van der Waals surface area contributed by atoms with Crippen molar-refractivity contribution in [3.63, 3.8) is 0 Å². The van der Waals surface area contributed by atoms with Gasteiger partial charge < -0.3 is 10.1 Å². The van der Waals surface area contributed by atoms with Crippen molar-refractivity contribution in [1.82, 2.24) is 0 Å². The van der Waals surface area contributed by atoms with Gasteiger partial charge in [-0.25, -0.2) is 4.79 Å². The molecule has 0 unspecified atom stereocenters. The molecule has 0 aromatic heterocycles. The third-order valence-electron chi connectivity index (χ3n) is 3.09. The van der Waals surface area contributed by atoms with Crippen molar-refractivity contribution in [3.05, 3.63) is 63.6 Å². The molecule has 23 heavy (non-hydrogen) atoms. The predicted molar refractivity (Wildman–Crippen MR) is 91.1 cm³/mol. The maximum atomic E-state index is 12.1. The molecule has 6 heteroatoms. The number of hydrogen-bond acceptors (Lipinski definition) is 3. The van der Waals surface area contributed by atoms with E-state index in [1.807, 2.05) is 13.0 Å². The van der Waals surface area contributed by atoms with E-state index in [1.165, 1.54) is 13.0 Å². The van der Waals surface area contributed by atoms with Gasteiger partial charge in [-0.15, -0.1) is 0 Å². The molecule has 120 valence electrons. The molecular formula is C17H15Cl2NO3. The van der Waals surface area contributed by atoms with Crippen molar-refractivity contribution in [3.8, 4) is 0 Å². The minimum Gasteiger partial charge on any atom is -0.449 e. The van der Waals surface area contributed by atoms with Crippen molar-refractivity contribution in [2.24, 2.45) is 0 Å². The van der Waals surface area contributed by atoms with Crippen LogP contribution in [0.5, 0.6) is 0 Å². The second kappa shape index (κ2) is 7.49. The molecule has 0 aliphatic carbocycles. The van der Waals surface area contributed by atoms with Gasteiger partial charge in [0.1, 0.15) is 0 Å². The van der Waals surface area contributed by atoms with E-state index in [0.717, 1.165) is 5.56 Å². The Kier molecular flexibility index (Phi) is 5.64. The third kappa shape index (κ3) is 4.71. The molecule has 1 N–H and O–H groups in total. The van der Waals surface area contributed by atoms with Crippen LogP contribution >= 0.6 is 23.2 Å². The topological polar surface area (TPSA) is 55.4 Å². The predicted octanol–water partition coefficient (Wildman–Crippen LogP) is 4.49. The van der Waals surface area contributed by atoms with Crippen molar-refractivity contribution < 1.29 is 14.3 Å². The summed E-state index contributed by atoms with van der Waals surface area (Å²) in [6.07, 6.45) is -0.974. The molecular weight excluding hydrogens is 337 g/mol. The van der Waals surface area contributed by atoms with Crippen LogP contribution in [0.3, 0.4) is 0 Å². The average Bonchev–Trinajstić information content (AvgIpc) is 2.50. The van der Waals surface area contributed by atoms with E-state index in [-0.39, 0.29) is 0 Å². The number of esters is 1. The first kappa shape index (κ1) is 17.3. The maximum absolute atomic E-state index is 12.1. The van der Waals surface area contributed by atoms with Crippen LogP contribution in [0.4, 0.5) is 5.69 Å². The fourth-order valence-corrected chi connectivity index (χ4v) is 2.22. The summed E-state index contributed by atoms with van der Waals surface area (Å²) in [6.45, 7) is 3.36. The summed E-state index contributed by atoms with van der Waals surface area (Å²) in [5, 5.41) is 3.37. The van der Waals surface area contributed by atoms with E-state index in [4.69, 9.17) is 27.9 Å². The number of benzene rings is 2. The van der Waals surface area contributed by atoms with Gasteiger partial charge in [-0.1, -0.05) is 40.9 Å². The zero-order valence-corrected chi connectivity index (χ0v) is 14.1. The van der Waals surface area contributed by atoms with Crippen LogP contribution in [0.15, 0.2) is 42.5 Å². The van der Waals surface area contributed by atoms with Crippen molar-refractivity contribution >= 4 is 40.8 Å². The van der Waals surface area contributed by atoms with E-state index in [0.29, 0.717) is 21.3 Å². The standard InChI is InChI=1S/C17H15Cl2NO3/c1-10-4-3-5-12(8-10)17(22)23-11(2)16(21)20-15-9-13(18)6-7-14(15)19/h3-9,11H,1-2H3,(H,20,21)/t11-/m0/s1. The molecule has 0 fully saturated rings. The Morgan fingerprint density at radius 3 is 2.57 bits per heavy atom. The minimum absolute atomic E-state index is 0.347. The van der Waals surface area contributed by atoms with Gasteiger partial charge >= 0.3 is 5.97 Å². The highest BCUT2D eigenvalue weighted by Crippen LogP contribution is 2.25. The number of nitrogens with one attached hydrogen (secondary N) is 1. The maximum Gasteiger partial charge on any atom is 0.338 e. The van der Waals surface area contributed by atoms with E-state index < -0.39 is 18.0 Å². The van der Waals surface area contributed by atoms with Gasteiger partial charge in [0.2, 0.25) is 0 Å². The van der Waals surface area contributed by atoms with Crippen molar-refractivity contribution in [1.29, 1.82) is 0 Å². The van der Waals surface area contributed by atoms with E-state index in [1.54, 1.807) is 30.3 Å². The van der Waals surface area contributed by atoms with Gasteiger partial charge in [0.05, 0.1) is 16.3 Å². The molecule has 2 aromatic carbocycles. The molecule has 0 saturated carbocycles. The number of ether oxygens (including phenoxy) is 1. The summed E-state index contributed by atoms with van der Waals surface area (Å²) < 4.78 is 5.17. The SMILES string of the molecule is Cc1cccc(C(=O)O[C@@H](C)C(=O)Nc2cc(Cl)ccc2Cl)c1. The van der Waals surface area contributed by atoms with Crippen LogP contribution in [0.1, 0.15) is 22.8 Å². The van der Waals surface area contributed by atoms with Crippen molar-refractivity contribution in [2.75, 3.05) is 5.32 Å². The molecule has 1 amide bonds. The second-order valence-electron chi connectivity index (χ2n) is 5.03. The second-order valence-corrected chi connectivity index (χ2v) is 5.87. The van der Waals surface area contributed by atoms with Crippen LogP contribution in [0.2, 0.25) is 10.0 Å². The van der Waals surface area contributed by atoms with E-state index in [9.17, 15) is 9.59 Å². The van der Waals surface area contributed by atoms with Gasteiger partial charge in [0, 0.05) is 5.02 Å². The fourth-order valence-electron chi connectivity index (χ4n) is 1.88. The lowest BCUT2D eigenvalue weighted by atomic mass is 10.1. The third-order valence-corrected chi connectivity index (χ3v) is 3.66. The van der Waals surface area contributed by atoms with Crippen molar-refractivity contribution in [2.45, 2.75) is 20.0 Å².